The van der Waals surface area contributed by atoms with E-state index in [4.69, 9.17) is 11.6 Å². The number of carbonyl (C=O) groups is 1. The first-order chi connectivity index (χ1) is 8.31. The van der Waals surface area contributed by atoms with Gasteiger partial charge in [-0.25, -0.2) is 0 Å². The summed E-state index contributed by atoms with van der Waals surface area (Å²) in [5.41, 5.74) is -0.0404. The summed E-state index contributed by atoms with van der Waals surface area (Å²) < 4.78 is 0.765. The third-order valence-corrected chi connectivity index (χ3v) is 3.70. The van der Waals surface area contributed by atoms with Crippen molar-refractivity contribution in [2.75, 3.05) is 13.1 Å². The molecule has 0 saturated heterocycles. The Morgan fingerprint density at radius 1 is 1.44 bits per heavy atom. The Morgan fingerprint density at radius 3 is 2.56 bits per heavy atom. The van der Waals surface area contributed by atoms with Crippen LogP contribution in [0.1, 0.15) is 32.6 Å². The minimum atomic E-state index is -0.0404. The third-order valence-electron chi connectivity index (χ3n) is 2.48. The van der Waals surface area contributed by atoms with Gasteiger partial charge in [0.1, 0.15) is 0 Å². The Labute approximate surface area is 118 Å². The monoisotopic (exact) mass is 288 g/mol. The first-order valence-electron chi connectivity index (χ1n) is 6.09. The standard InChI is InChI=1S/C13H21ClN2OS/c1-5-16(9-10-6-7-11(14)18-10)12(17)8-15-13(2,3)4/h6-7,15H,5,8-9H2,1-4H3. The summed E-state index contributed by atoms with van der Waals surface area (Å²) in [4.78, 5) is 15.0. The van der Waals surface area contributed by atoms with Crippen LogP contribution in [0.5, 0.6) is 0 Å². The number of halogens is 1. The molecule has 0 aromatic carbocycles. The maximum absolute atomic E-state index is 12.1. The summed E-state index contributed by atoms with van der Waals surface area (Å²) in [5.74, 6) is 0.122. The molecule has 1 aromatic rings. The molecule has 0 fully saturated rings. The molecule has 0 aliphatic heterocycles. The third kappa shape index (κ3) is 5.38. The van der Waals surface area contributed by atoms with Crippen LogP contribution in [0.4, 0.5) is 0 Å². The Balaban J connectivity index is 2.52. The highest BCUT2D eigenvalue weighted by molar-refractivity contribution is 7.16. The van der Waals surface area contributed by atoms with Crippen molar-refractivity contribution < 1.29 is 4.79 Å². The average Bonchev–Trinajstić information content (AvgIpc) is 2.67. The highest BCUT2D eigenvalue weighted by Gasteiger charge is 2.16. The number of hydrogen-bond acceptors (Lipinski definition) is 3. The molecule has 0 spiro atoms. The number of likely N-dealkylation sites (N-methyl/N-ethyl adjacent to an activating group) is 1. The molecule has 3 nitrogen and oxygen atoms in total. The van der Waals surface area contributed by atoms with Crippen LogP contribution < -0.4 is 5.32 Å². The summed E-state index contributed by atoms with van der Waals surface area (Å²) in [6.07, 6.45) is 0. The zero-order chi connectivity index (χ0) is 13.8. The van der Waals surface area contributed by atoms with Crippen molar-refractivity contribution in [3.05, 3.63) is 21.3 Å². The van der Waals surface area contributed by atoms with Crippen molar-refractivity contribution in [3.8, 4) is 0 Å². The molecular formula is C13H21ClN2OS. The molecule has 0 saturated carbocycles. The normalized spacial score (nSPS) is 11.6. The van der Waals surface area contributed by atoms with Crippen molar-refractivity contribution in [3.63, 3.8) is 0 Å². The molecule has 0 atom stereocenters. The van der Waals surface area contributed by atoms with E-state index in [0.29, 0.717) is 19.6 Å². The zero-order valence-electron chi connectivity index (χ0n) is 11.4. The Morgan fingerprint density at radius 2 is 2.11 bits per heavy atom. The highest BCUT2D eigenvalue weighted by Crippen LogP contribution is 2.22. The number of carbonyl (C=O) groups excluding carboxylic acids is 1. The molecule has 0 unspecified atom stereocenters. The molecule has 0 bridgehead atoms. The smallest absolute Gasteiger partial charge is 0.236 e. The number of nitrogens with zero attached hydrogens (tertiary/aromatic N) is 1. The van der Waals surface area contributed by atoms with Crippen LogP contribution in [0.25, 0.3) is 0 Å². The van der Waals surface area contributed by atoms with Gasteiger partial charge in [-0.3, -0.25) is 4.79 Å². The van der Waals surface area contributed by atoms with Gasteiger partial charge in [0.2, 0.25) is 5.91 Å². The number of nitrogens with one attached hydrogen (secondary N) is 1. The Hall–Kier alpha value is -0.580. The van der Waals surface area contributed by atoms with E-state index in [2.05, 4.69) is 26.1 Å². The van der Waals surface area contributed by atoms with E-state index in [0.717, 1.165) is 9.21 Å². The van der Waals surface area contributed by atoms with Gasteiger partial charge in [0, 0.05) is 17.0 Å². The fourth-order valence-electron chi connectivity index (χ4n) is 1.45. The van der Waals surface area contributed by atoms with Crippen LogP contribution in [-0.4, -0.2) is 29.4 Å². The maximum Gasteiger partial charge on any atom is 0.236 e. The number of thiophene rings is 1. The van der Waals surface area contributed by atoms with Crippen molar-refractivity contribution in [1.82, 2.24) is 10.2 Å². The van der Waals surface area contributed by atoms with E-state index in [1.54, 1.807) is 0 Å². The van der Waals surface area contributed by atoms with Gasteiger partial charge >= 0.3 is 0 Å². The average molecular weight is 289 g/mol. The quantitative estimate of drug-likeness (QED) is 0.903. The van der Waals surface area contributed by atoms with Crippen LogP contribution >= 0.6 is 22.9 Å². The minimum absolute atomic E-state index is 0.0404. The second-order valence-corrected chi connectivity index (χ2v) is 7.02. The zero-order valence-corrected chi connectivity index (χ0v) is 13.0. The largest absolute Gasteiger partial charge is 0.337 e. The van der Waals surface area contributed by atoms with Crippen LogP contribution in [-0.2, 0) is 11.3 Å². The van der Waals surface area contributed by atoms with Gasteiger partial charge in [-0.05, 0) is 39.8 Å². The van der Waals surface area contributed by atoms with Gasteiger partial charge in [-0.15, -0.1) is 11.3 Å². The van der Waals surface area contributed by atoms with E-state index >= 15 is 0 Å². The van der Waals surface area contributed by atoms with E-state index in [1.807, 2.05) is 24.0 Å². The number of rotatable bonds is 5. The van der Waals surface area contributed by atoms with Gasteiger partial charge < -0.3 is 10.2 Å². The summed E-state index contributed by atoms with van der Waals surface area (Å²) in [6.45, 7) is 9.86. The van der Waals surface area contributed by atoms with Gasteiger partial charge in [-0.1, -0.05) is 11.6 Å². The maximum atomic E-state index is 12.1. The molecule has 1 amide bonds. The first kappa shape index (κ1) is 15.5. The molecule has 0 aliphatic carbocycles. The molecule has 1 heterocycles. The molecular weight excluding hydrogens is 268 g/mol. The molecule has 0 aliphatic rings. The number of hydrogen-bond donors (Lipinski definition) is 1. The molecule has 1 rings (SSSR count). The second-order valence-electron chi connectivity index (χ2n) is 5.22. The van der Waals surface area contributed by atoms with Gasteiger partial charge in [-0.2, -0.15) is 0 Å². The van der Waals surface area contributed by atoms with Gasteiger partial charge in [0.05, 0.1) is 17.4 Å². The highest BCUT2D eigenvalue weighted by atomic mass is 35.5. The molecule has 1 aromatic heterocycles. The molecule has 1 N–H and O–H groups in total. The molecule has 0 radical (unpaired) electrons. The van der Waals surface area contributed by atoms with E-state index < -0.39 is 0 Å². The lowest BCUT2D eigenvalue weighted by Gasteiger charge is -2.24. The lowest BCUT2D eigenvalue weighted by Crippen LogP contribution is -2.44. The van der Waals surface area contributed by atoms with Crippen LogP contribution in [0.3, 0.4) is 0 Å². The van der Waals surface area contributed by atoms with Gasteiger partial charge in [0.15, 0.2) is 0 Å². The van der Waals surface area contributed by atoms with Crippen LogP contribution in [0.15, 0.2) is 12.1 Å². The summed E-state index contributed by atoms with van der Waals surface area (Å²) in [5, 5.41) is 3.21. The minimum Gasteiger partial charge on any atom is -0.337 e. The fraction of sp³-hybridized carbons (Fsp3) is 0.615. The summed E-state index contributed by atoms with van der Waals surface area (Å²) in [6, 6.07) is 3.84. The summed E-state index contributed by atoms with van der Waals surface area (Å²) in [7, 11) is 0. The van der Waals surface area contributed by atoms with Crippen molar-refractivity contribution in [1.29, 1.82) is 0 Å². The van der Waals surface area contributed by atoms with Gasteiger partial charge in [0.25, 0.3) is 0 Å². The van der Waals surface area contributed by atoms with E-state index in [-0.39, 0.29) is 11.4 Å². The molecule has 102 valence electrons. The SMILES string of the molecule is CCN(Cc1ccc(Cl)s1)C(=O)CNC(C)(C)C. The molecule has 18 heavy (non-hydrogen) atoms. The Bertz CT molecular complexity index is 398. The molecule has 5 heteroatoms. The van der Waals surface area contributed by atoms with Crippen LogP contribution in [0, 0.1) is 0 Å². The van der Waals surface area contributed by atoms with Crippen molar-refractivity contribution in [2.45, 2.75) is 39.8 Å². The predicted octanol–water partition coefficient (Wildman–Crippen LogP) is 3.14. The predicted molar refractivity (Wildman–Crippen MR) is 78.2 cm³/mol. The lowest BCUT2D eigenvalue weighted by molar-refractivity contribution is -0.130. The van der Waals surface area contributed by atoms with Crippen LogP contribution in [0.2, 0.25) is 4.34 Å². The fourth-order valence-corrected chi connectivity index (χ4v) is 2.56. The summed E-state index contributed by atoms with van der Waals surface area (Å²) >= 11 is 7.41. The van der Waals surface area contributed by atoms with Crippen molar-refractivity contribution in [2.24, 2.45) is 0 Å². The van der Waals surface area contributed by atoms with Crippen molar-refractivity contribution >= 4 is 28.8 Å². The number of amides is 1. The van der Waals surface area contributed by atoms with E-state index in [9.17, 15) is 4.79 Å². The second kappa shape index (κ2) is 6.55. The Kier molecular flexibility index (Phi) is 5.63. The lowest BCUT2D eigenvalue weighted by atomic mass is 10.1. The topological polar surface area (TPSA) is 32.3 Å². The van der Waals surface area contributed by atoms with E-state index in [1.165, 1.54) is 11.3 Å². The first-order valence-corrected chi connectivity index (χ1v) is 7.28.